The van der Waals surface area contributed by atoms with Gasteiger partial charge in [0, 0.05) is 30.4 Å². The summed E-state index contributed by atoms with van der Waals surface area (Å²) in [5.41, 5.74) is 8.45. The zero-order chi connectivity index (χ0) is 9.97. The summed E-state index contributed by atoms with van der Waals surface area (Å²) in [6.45, 7) is 2.46. The Morgan fingerprint density at radius 2 is 2.43 bits per heavy atom. The van der Waals surface area contributed by atoms with Gasteiger partial charge in [0.15, 0.2) is 0 Å². The minimum Gasteiger partial charge on any atom is -0.390 e. The Balaban J connectivity index is 2.13. The first kappa shape index (κ1) is 9.15. The maximum absolute atomic E-state index is 5.48. The first-order valence-electron chi connectivity index (χ1n) is 4.65. The van der Waals surface area contributed by atoms with E-state index in [2.05, 4.69) is 10.1 Å². The quantitative estimate of drug-likeness (QED) is 0.753. The number of hydrogen-bond acceptors (Lipinski definition) is 4. The minimum atomic E-state index is 0.0336. The van der Waals surface area contributed by atoms with Crippen LogP contribution in [-0.4, -0.2) is 23.3 Å². The molecule has 0 saturated heterocycles. The predicted octanol–water partition coefficient (Wildman–Crippen LogP) is 0.842. The summed E-state index contributed by atoms with van der Waals surface area (Å²) in [4.78, 5) is 9.34. The molecule has 1 atom stereocenters. The van der Waals surface area contributed by atoms with Crippen molar-refractivity contribution < 1.29 is 4.84 Å². The van der Waals surface area contributed by atoms with E-state index in [1.807, 2.05) is 25.3 Å². The third kappa shape index (κ3) is 1.75. The number of oxime groups is 1. The van der Waals surface area contributed by atoms with Gasteiger partial charge in [0.2, 0.25) is 0 Å². The Kier molecular flexibility index (Phi) is 2.45. The average molecular weight is 191 g/mol. The average Bonchev–Trinajstić information content (AvgIpc) is 2.67. The molecule has 14 heavy (non-hydrogen) atoms. The Morgan fingerprint density at radius 1 is 1.57 bits per heavy atom. The van der Waals surface area contributed by atoms with Crippen LogP contribution in [0.4, 0.5) is 0 Å². The van der Waals surface area contributed by atoms with Crippen molar-refractivity contribution in [3.8, 4) is 0 Å². The van der Waals surface area contributed by atoms with Crippen molar-refractivity contribution in [1.82, 2.24) is 4.98 Å². The Labute approximate surface area is 82.8 Å². The maximum Gasteiger partial charge on any atom is 0.145 e. The molecular weight excluding hydrogens is 178 g/mol. The number of nitrogens with zero attached hydrogens (tertiary/aromatic N) is 2. The lowest BCUT2D eigenvalue weighted by molar-refractivity contribution is 0.0918. The van der Waals surface area contributed by atoms with Gasteiger partial charge in [0.1, 0.15) is 6.10 Å². The molecule has 0 saturated carbocycles. The van der Waals surface area contributed by atoms with E-state index in [0.717, 1.165) is 23.4 Å². The molecule has 0 spiro atoms. The van der Waals surface area contributed by atoms with E-state index in [1.54, 1.807) is 0 Å². The van der Waals surface area contributed by atoms with E-state index in [0.29, 0.717) is 6.54 Å². The summed E-state index contributed by atoms with van der Waals surface area (Å²) in [7, 11) is 0. The normalized spacial score (nSPS) is 20.4. The predicted molar refractivity (Wildman–Crippen MR) is 54.1 cm³/mol. The summed E-state index contributed by atoms with van der Waals surface area (Å²) >= 11 is 0. The lowest BCUT2D eigenvalue weighted by Gasteiger charge is -2.02. The van der Waals surface area contributed by atoms with Gasteiger partial charge in [-0.2, -0.15) is 0 Å². The van der Waals surface area contributed by atoms with Crippen molar-refractivity contribution in [3.63, 3.8) is 0 Å². The third-order valence-corrected chi connectivity index (χ3v) is 2.24. The zero-order valence-electron chi connectivity index (χ0n) is 8.10. The number of pyridine rings is 1. The molecule has 1 aliphatic rings. The van der Waals surface area contributed by atoms with Gasteiger partial charge in [-0.15, -0.1) is 0 Å². The Morgan fingerprint density at radius 3 is 3.00 bits per heavy atom. The molecule has 1 aromatic heterocycles. The van der Waals surface area contributed by atoms with Crippen LogP contribution in [0.25, 0.3) is 0 Å². The van der Waals surface area contributed by atoms with Crippen molar-refractivity contribution in [2.75, 3.05) is 6.54 Å². The topological polar surface area (TPSA) is 60.5 Å². The van der Waals surface area contributed by atoms with Crippen molar-refractivity contribution in [3.05, 3.63) is 29.6 Å². The van der Waals surface area contributed by atoms with Crippen LogP contribution in [0.2, 0.25) is 0 Å². The molecule has 0 amide bonds. The summed E-state index contributed by atoms with van der Waals surface area (Å²) in [5, 5.41) is 3.98. The van der Waals surface area contributed by atoms with Gasteiger partial charge >= 0.3 is 0 Å². The molecule has 4 nitrogen and oxygen atoms in total. The number of rotatable bonds is 2. The third-order valence-electron chi connectivity index (χ3n) is 2.24. The molecule has 1 unspecified atom stereocenters. The van der Waals surface area contributed by atoms with Crippen LogP contribution in [0.1, 0.15) is 17.7 Å². The summed E-state index contributed by atoms with van der Waals surface area (Å²) in [5.74, 6) is 0. The summed E-state index contributed by atoms with van der Waals surface area (Å²) in [6, 6.07) is 3.97. The van der Waals surface area contributed by atoms with E-state index in [1.165, 1.54) is 0 Å². The van der Waals surface area contributed by atoms with E-state index in [-0.39, 0.29) is 6.10 Å². The van der Waals surface area contributed by atoms with Crippen molar-refractivity contribution in [2.24, 2.45) is 10.9 Å². The van der Waals surface area contributed by atoms with Crippen LogP contribution < -0.4 is 5.73 Å². The largest absolute Gasteiger partial charge is 0.390 e. The number of aryl methyl sites for hydroxylation is 1. The van der Waals surface area contributed by atoms with Crippen LogP contribution in [0.15, 0.2) is 23.5 Å². The lowest BCUT2D eigenvalue weighted by atomic mass is 10.1. The molecule has 0 fully saturated rings. The van der Waals surface area contributed by atoms with Gasteiger partial charge in [-0.1, -0.05) is 5.16 Å². The van der Waals surface area contributed by atoms with Gasteiger partial charge < -0.3 is 10.6 Å². The summed E-state index contributed by atoms with van der Waals surface area (Å²) in [6.07, 6.45) is 2.63. The number of aromatic nitrogens is 1. The second kappa shape index (κ2) is 3.75. The van der Waals surface area contributed by atoms with Gasteiger partial charge in [0.25, 0.3) is 0 Å². The molecule has 74 valence electrons. The molecule has 0 radical (unpaired) electrons. The SMILES string of the molecule is Cc1ccc(C2=NOC(CN)C2)cn1. The maximum atomic E-state index is 5.48. The Bertz CT molecular complexity index is 345. The monoisotopic (exact) mass is 191 g/mol. The minimum absolute atomic E-state index is 0.0336. The fraction of sp³-hybridized carbons (Fsp3) is 0.400. The van der Waals surface area contributed by atoms with Crippen LogP contribution in [0.3, 0.4) is 0 Å². The van der Waals surface area contributed by atoms with E-state index < -0.39 is 0 Å². The van der Waals surface area contributed by atoms with Crippen molar-refractivity contribution in [1.29, 1.82) is 0 Å². The van der Waals surface area contributed by atoms with E-state index in [9.17, 15) is 0 Å². The molecule has 0 aliphatic carbocycles. The smallest absolute Gasteiger partial charge is 0.145 e. The van der Waals surface area contributed by atoms with Crippen LogP contribution in [0, 0.1) is 6.92 Å². The van der Waals surface area contributed by atoms with Gasteiger partial charge in [-0.05, 0) is 19.1 Å². The van der Waals surface area contributed by atoms with Crippen molar-refractivity contribution in [2.45, 2.75) is 19.4 Å². The molecule has 0 aromatic carbocycles. The number of hydrogen-bond donors (Lipinski definition) is 1. The van der Waals surface area contributed by atoms with Gasteiger partial charge in [-0.25, -0.2) is 0 Å². The van der Waals surface area contributed by atoms with E-state index >= 15 is 0 Å². The van der Waals surface area contributed by atoms with E-state index in [4.69, 9.17) is 10.6 Å². The standard InChI is InChI=1S/C10H13N3O/c1-7-2-3-8(6-12-7)10-4-9(5-11)14-13-10/h2-3,6,9H,4-5,11H2,1H3. The fourth-order valence-corrected chi connectivity index (χ4v) is 1.36. The second-order valence-electron chi connectivity index (χ2n) is 3.39. The summed E-state index contributed by atoms with van der Waals surface area (Å²) < 4.78 is 0. The molecule has 2 N–H and O–H groups in total. The van der Waals surface area contributed by atoms with Gasteiger partial charge in [0.05, 0.1) is 5.71 Å². The highest BCUT2D eigenvalue weighted by Crippen LogP contribution is 2.15. The number of nitrogens with two attached hydrogens (primary N) is 1. The highest BCUT2D eigenvalue weighted by Gasteiger charge is 2.20. The van der Waals surface area contributed by atoms with Crippen LogP contribution in [0.5, 0.6) is 0 Å². The first-order chi connectivity index (χ1) is 6.79. The van der Waals surface area contributed by atoms with Crippen molar-refractivity contribution >= 4 is 5.71 Å². The fourth-order valence-electron chi connectivity index (χ4n) is 1.36. The van der Waals surface area contributed by atoms with Crippen LogP contribution in [-0.2, 0) is 4.84 Å². The van der Waals surface area contributed by atoms with Crippen LogP contribution >= 0.6 is 0 Å². The lowest BCUT2D eigenvalue weighted by Crippen LogP contribution is -2.20. The Hall–Kier alpha value is -1.42. The molecular formula is C10H13N3O. The molecule has 0 bridgehead atoms. The zero-order valence-corrected chi connectivity index (χ0v) is 8.10. The molecule has 4 heteroatoms. The molecule has 2 heterocycles. The molecule has 2 rings (SSSR count). The first-order valence-corrected chi connectivity index (χ1v) is 4.65. The molecule has 1 aromatic rings. The highest BCUT2D eigenvalue weighted by molar-refractivity contribution is 6.00. The highest BCUT2D eigenvalue weighted by atomic mass is 16.6. The molecule has 1 aliphatic heterocycles. The second-order valence-corrected chi connectivity index (χ2v) is 3.39. The van der Waals surface area contributed by atoms with Gasteiger partial charge in [-0.3, -0.25) is 4.98 Å².